The van der Waals surface area contributed by atoms with Crippen LogP contribution in [0.4, 0.5) is 0 Å². The molecule has 0 heterocycles. The van der Waals surface area contributed by atoms with Crippen LogP contribution in [0.15, 0.2) is 12.1 Å². The minimum Gasteiger partial charge on any atom is -0.493 e. The lowest BCUT2D eigenvalue weighted by molar-refractivity contribution is 0.0596. The smallest absolute Gasteiger partial charge is 0.341 e. The van der Waals surface area contributed by atoms with Gasteiger partial charge in [0.05, 0.1) is 13.7 Å². The van der Waals surface area contributed by atoms with Crippen LogP contribution in [0.3, 0.4) is 0 Å². The van der Waals surface area contributed by atoms with Crippen LogP contribution in [0.25, 0.3) is 0 Å². The number of hydrogen-bond acceptors (Lipinski definition) is 3. The first-order valence-electron chi connectivity index (χ1n) is 7.13. The number of carbonyl (C=O) groups excluding carboxylic acids is 1. The van der Waals surface area contributed by atoms with E-state index in [0.29, 0.717) is 29.8 Å². The van der Waals surface area contributed by atoms with Crippen molar-refractivity contribution < 1.29 is 14.3 Å². The number of benzene rings is 1. The molecule has 0 amide bonds. The highest BCUT2D eigenvalue weighted by molar-refractivity contribution is 5.93. The lowest BCUT2D eigenvalue weighted by Crippen LogP contribution is -2.08. The van der Waals surface area contributed by atoms with Crippen molar-refractivity contribution >= 4 is 5.97 Å². The van der Waals surface area contributed by atoms with Crippen molar-refractivity contribution in [1.82, 2.24) is 0 Å². The van der Waals surface area contributed by atoms with Crippen molar-refractivity contribution in [2.45, 2.75) is 44.4 Å². The van der Waals surface area contributed by atoms with Crippen molar-refractivity contribution in [3.63, 3.8) is 0 Å². The first-order chi connectivity index (χ1) is 9.24. The number of ether oxygens (including phenoxy) is 2. The molecule has 0 saturated heterocycles. The summed E-state index contributed by atoms with van der Waals surface area (Å²) in [7, 11) is 1.42. The van der Waals surface area contributed by atoms with Gasteiger partial charge < -0.3 is 9.47 Å². The van der Waals surface area contributed by atoms with Crippen molar-refractivity contribution in [1.29, 1.82) is 0 Å². The molecule has 1 aromatic carbocycles. The first-order valence-corrected chi connectivity index (χ1v) is 7.13. The maximum absolute atomic E-state index is 11.9. The molecule has 0 aromatic heterocycles. The molecule has 0 unspecified atom stereocenters. The Hall–Kier alpha value is -1.51. The average molecular weight is 260 g/mol. The van der Waals surface area contributed by atoms with Gasteiger partial charge in [0.25, 0.3) is 0 Å². The maximum atomic E-state index is 11.9. The third kappa shape index (κ3) is 2.46. The van der Waals surface area contributed by atoms with Gasteiger partial charge in [0.2, 0.25) is 0 Å². The summed E-state index contributed by atoms with van der Waals surface area (Å²) in [5, 5.41) is 0. The van der Waals surface area contributed by atoms with Gasteiger partial charge in [-0.1, -0.05) is 0 Å². The molecule has 2 aliphatic rings. The second kappa shape index (κ2) is 4.87. The molecule has 3 rings (SSSR count). The van der Waals surface area contributed by atoms with Crippen molar-refractivity contribution in [3.8, 4) is 5.75 Å². The number of hydrogen-bond donors (Lipinski definition) is 0. The van der Waals surface area contributed by atoms with Gasteiger partial charge in [-0.3, -0.25) is 0 Å². The summed E-state index contributed by atoms with van der Waals surface area (Å²) in [5.41, 5.74) is 3.33. The minimum absolute atomic E-state index is 0.298. The van der Waals surface area contributed by atoms with Crippen LogP contribution in [0.1, 0.15) is 65.9 Å². The van der Waals surface area contributed by atoms with E-state index in [-0.39, 0.29) is 5.97 Å². The maximum Gasteiger partial charge on any atom is 0.341 e. The molecule has 1 aromatic rings. The van der Waals surface area contributed by atoms with Gasteiger partial charge in [0, 0.05) is 0 Å². The summed E-state index contributed by atoms with van der Waals surface area (Å²) in [6.07, 6.45) is 5.02. The Morgan fingerprint density at radius 2 is 1.74 bits per heavy atom. The predicted molar refractivity (Wildman–Crippen MR) is 72.9 cm³/mol. The lowest BCUT2D eigenvalue weighted by atomic mass is 9.96. The number of esters is 1. The largest absolute Gasteiger partial charge is 0.493 e. The molecule has 0 spiro atoms. The standard InChI is InChI=1S/C16H20O3/c1-3-19-15-9-13(11-6-7-11)12(10-4-5-10)8-14(15)16(17)18-2/h8-11H,3-7H2,1-2H3. The molecule has 102 valence electrons. The fraction of sp³-hybridized carbons (Fsp3) is 0.562. The van der Waals surface area contributed by atoms with Crippen molar-refractivity contribution in [2.24, 2.45) is 0 Å². The van der Waals surface area contributed by atoms with Gasteiger partial charge in [-0.05, 0) is 67.7 Å². The summed E-state index contributed by atoms with van der Waals surface area (Å²) in [5.74, 6) is 1.71. The monoisotopic (exact) mass is 260 g/mol. The molecule has 0 bridgehead atoms. The molecule has 2 saturated carbocycles. The number of methoxy groups -OCH3 is 1. The second-order valence-corrected chi connectivity index (χ2v) is 5.45. The number of rotatable bonds is 5. The van der Waals surface area contributed by atoms with Crippen LogP contribution >= 0.6 is 0 Å². The molecule has 3 heteroatoms. The first kappa shape index (κ1) is 12.5. The van der Waals surface area contributed by atoms with E-state index in [9.17, 15) is 4.79 Å². The Kier molecular flexibility index (Phi) is 3.21. The Morgan fingerprint density at radius 3 is 2.21 bits per heavy atom. The van der Waals surface area contributed by atoms with E-state index in [4.69, 9.17) is 9.47 Å². The van der Waals surface area contributed by atoms with Gasteiger partial charge in [-0.2, -0.15) is 0 Å². The van der Waals surface area contributed by atoms with Crippen LogP contribution in [0.5, 0.6) is 5.75 Å². The summed E-state index contributed by atoms with van der Waals surface area (Å²) in [4.78, 5) is 11.9. The van der Waals surface area contributed by atoms with E-state index in [1.165, 1.54) is 43.9 Å². The topological polar surface area (TPSA) is 35.5 Å². The van der Waals surface area contributed by atoms with Crippen molar-refractivity contribution in [2.75, 3.05) is 13.7 Å². The summed E-state index contributed by atoms with van der Waals surface area (Å²) >= 11 is 0. The van der Waals surface area contributed by atoms with Gasteiger partial charge >= 0.3 is 5.97 Å². The van der Waals surface area contributed by atoms with Gasteiger partial charge in [-0.25, -0.2) is 4.79 Å². The Morgan fingerprint density at radius 1 is 1.16 bits per heavy atom. The summed E-state index contributed by atoms with van der Waals surface area (Å²) < 4.78 is 10.5. The Labute approximate surface area is 113 Å². The summed E-state index contributed by atoms with van der Waals surface area (Å²) in [6, 6.07) is 4.10. The van der Waals surface area contributed by atoms with Gasteiger partial charge in [0.1, 0.15) is 11.3 Å². The van der Waals surface area contributed by atoms with E-state index in [1.54, 1.807) is 0 Å². The van der Waals surface area contributed by atoms with Gasteiger partial charge in [-0.15, -0.1) is 0 Å². The molecule has 2 aliphatic carbocycles. The normalized spacial score (nSPS) is 18.2. The fourth-order valence-electron chi connectivity index (χ4n) is 2.65. The third-order valence-electron chi connectivity index (χ3n) is 3.92. The Balaban J connectivity index is 2.05. The zero-order valence-corrected chi connectivity index (χ0v) is 11.6. The molecular weight excluding hydrogens is 240 g/mol. The van der Waals surface area contributed by atoms with Crippen LogP contribution in [-0.2, 0) is 4.74 Å². The highest BCUT2D eigenvalue weighted by atomic mass is 16.5. The van der Waals surface area contributed by atoms with E-state index < -0.39 is 0 Å². The van der Waals surface area contributed by atoms with Crippen molar-refractivity contribution in [3.05, 3.63) is 28.8 Å². The fourth-order valence-corrected chi connectivity index (χ4v) is 2.65. The zero-order valence-electron chi connectivity index (χ0n) is 11.6. The predicted octanol–water partition coefficient (Wildman–Crippen LogP) is 3.63. The third-order valence-corrected chi connectivity index (χ3v) is 3.92. The lowest BCUT2D eigenvalue weighted by Gasteiger charge is -2.15. The Bertz CT molecular complexity index is 499. The quantitative estimate of drug-likeness (QED) is 0.758. The van der Waals surface area contributed by atoms with E-state index in [2.05, 4.69) is 6.07 Å². The molecule has 0 N–H and O–H groups in total. The second-order valence-electron chi connectivity index (χ2n) is 5.45. The highest BCUT2D eigenvalue weighted by Crippen LogP contribution is 2.50. The van der Waals surface area contributed by atoms with Crippen LogP contribution in [0.2, 0.25) is 0 Å². The molecule has 0 aliphatic heterocycles. The number of carbonyl (C=O) groups is 1. The van der Waals surface area contributed by atoms with Crippen LogP contribution in [-0.4, -0.2) is 19.7 Å². The molecule has 19 heavy (non-hydrogen) atoms. The molecule has 0 atom stereocenters. The van der Waals surface area contributed by atoms with Crippen LogP contribution in [0, 0.1) is 0 Å². The molecule has 3 nitrogen and oxygen atoms in total. The summed E-state index contributed by atoms with van der Waals surface area (Å²) in [6.45, 7) is 2.50. The van der Waals surface area contributed by atoms with Gasteiger partial charge in [0.15, 0.2) is 0 Å². The molecule has 2 fully saturated rings. The SMILES string of the molecule is CCOc1cc(C2CC2)c(C2CC2)cc1C(=O)OC. The highest BCUT2D eigenvalue weighted by Gasteiger charge is 2.34. The van der Waals surface area contributed by atoms with E-state index >= 15 is 0 Å². The molecule has 0 radical (unpaired) electrons. The van der Waals surface area contributed by atoms with E-state index in [1.807, 2.05) is 13.0 Å². The van der Waals surface area contributed by atoms with E-state index in [0.717, 1.165) is 0 Å². The minimum atomic E-state index is -0.298. The van der Waals surface area contributed by atoms with Crippen LogP contribution < -0.4 is 4.74 Å². The zero-order chi connectivity index (χ0) is 13.4. The molecular formula is C16H20O3. The average Bonchev–Trinajstić information content (AvgIpc) is 3.30.